The summed E-state index contributed by atoms with van der Waals surface area (Å²) in [5.41, 5.74) is 0. The van der Waals surface area contributed by atoms with E-state index in [4.69, 9.17) is 0 Å². The van der Waals surface area contributed by atoms with Gasteiger partial charge in [0.05, 0.1) is 0 Å². The minimum atomic E-state index is -0.867. The molecule has 70 valence electrons. The fraction of sp³-hybridized carbons (Fsp3) is 1.00. The second kappa shape index (κ2) is 6.31. The Morgan fingerprint density at radius 2 is 1.75 bits per heavy atom. The van der Waals surface area contributed by atoms with Crippen LogP contribution in [0.1, 0.15) is 25.7 Å². The molecule has 0 N–H and O–H groups in total. The van der Waals surface area contributed by atoms with Crippen LogP contribution in [0.2, 0.25) is 12.5 Å². The van der Waals surface area contributed by atoms with Gasteiger partial charge in [-0.2, -0.15) is 0 Å². The van der Waals surface area contributed by atoms with Gasteiger partial charge in [0.1, 0.15) is 0 Å². The summed E-state index contributed by atoms with van der Waals surface area (Å²) in [4.78, 5) is 2.33. The van der Waals surface area contributed by atoms with Crippen LogP contribution in [-0.4, -0.2) is 47.0 Å². The minimum absolute atomic E-state index is 0.867. The first-order chi connectivity index (χ1) is 5.79. The summed E-state index contributed by atoms with van der Waals surface area (Å²) in [7, 11) is 4.38. The van der Waals surface area contributed by atoms with Crippen molar-refractivity contribution in [2.24, 2.45) is 0 Å². The van der Waals surface area contributed by atoms with E-state index in [2.05, 4.69) is 19.0 Å². The summed E-state index contributed by atoms with van der Waals surface area (Å²) in [5, 5.41) is 0. The Hall–Kier alpha value is 0.830. The van der Waals surface area contributed by atoms with Crippen molar-refractivity contribution in [3.05, 3.63) is 0 Å². The topological polar surface area (TPSA) is 3.24 Å². The molecule has 1 nitrogen and oxygen atoms in total. The molecule has 0 aromatic carbocycles. The molecule has 0 radical (unpaired) electrons. The van der Waals surface area contributed by atoms with Gasteiger partial charge in [0, 0.05) is 0 Å². The van der Waals surface area contributed by atoms with Gasteiger partial charge in [-0.1, -0.05) is 0 Å². The normalized spacial score (nSPS) is 18.8. The van der Waals surface area contributed by atoms with E-state index in [9.17, 15) is 0 Å². The second-order valence-corrected chi connectivity index (χ2v) is 14.3. The van der Waals surface area contributed by atoms with Crippen molar-refractivity contribution in [1.82, 2.24) is 4.90 Å². The first-order valence-electron chi connectivity index (χ1n) is 5.44. The Morgan fingerprint density at radius 3 is 2.33 bits per heavy atom. The van der Waals surface area contributed by atoms with Crippen molar-refractivity contribution in [1.29, 1.82) is 0 Å². The maximum absolute atomic E-state index is 2.33. The van der Waals surface area contributed by atoms with Crippen molar-refractivity contribution in [2.45, 2.75) is 38.2 Å². The van der Waals surface area contributed by atoms with Gasteiger partial charge in [-0.15, -0.1) is 0 Å². The zero-order valence-corrected chi connectivity index (χ0v) is 12.0. The van der Waals surface area contributed by atoms with Crippen LogP contribution >= 0.6 is 0 Å². The summed E-state index contributed by atoms with van der Waals surface area (Å²) in [5.74, 6) is 0. The molecule has 1 fully saturated rings. The molecule has 0 unspecified atom stereocenters. The zero-order chi connectivity index (χ0) is 8.81. The van der Waals surface area contributed by atoms with Gasteiger partial charge < -0.3 is 0 Å². The molecule has 0 amide bonds. The fourth-order valence-corrected chi connectivity index (χ4v) is 11.8. The third kappa shape index (κ3) is 4.76. The van der Waals surface area contributed by atoms with Gasteiger partial charge in [0.25, 0.3) is 0 Å². The summed E-state index contributed by atoms with van der Waals surface area (Å²) in [6, 6.07) is 0. The van der Waals surface area contributed by atoms with Gasteiger partial charge in [-0.25, -0.2) is 0 Å². The number of hydrogen-bond acceptors (Lipinski definition) is 1. The molecule has 0 spiro atoms. The molecule has 0 aliphatic carbocycles. The monoisotopic (exact) mass is 271 g/mol. The van der Waals surface area contributed by atoms with Crippen molar-refractivity contribution in [2.75, 3.05) is 20.6 Å². The molecular formula is C10H22InN. The molecule has 0 aromatic rings. The number of hydrogen-bond donors (Lipinski definition) is 0. The van der Waals surface area contributed by atoms with Crippen LogP contribution in [0, 0.1) is 0 Å². The Labute approximate surface area is 85.1 Å². The van der Waals surface area contributed by atoms with Crippen LogP contribution < -0.4 is 0 Å². The molecule has 1 aliphatic heterocycles. The molecule has 1 heterocycles. The molecule has 1 saturated heterocycles. The summed E-state index contributed by atoms with van der Waals surface area (Å²) >= 11 is -0.867. The molecule has 1 rings (SSSR count). The zero-order valence-electron chi connectivity index (χ0n) is 8.68. The Balaban J connectivity index is 1.98. The second-order valence-electron chi connectivity index (χ2n) is 4.45. The van der Waals surface area contributed by atoms with Crippen LogP contribution in [0.15, 0.2) is 0 Å². The molecule has 0 aromatic heterocycles. The summed E-state index contributed by atoms with van der Waals surface area (Å²) in [6.07, 6.45) is 6.21. The summed E-state index contributed by atoms with van der Waals surface area (Å²) < 4.78 is 5.12. The average Bonchev–Trinajstić information content (AvgIpc) is 2.05. The SMILES string of the molecule is CN(C)CC[CH2][In]1[CH2]CCC[CH2]1. The van der Waals surface area contributed by atoms with Gasteiger partial charge >= 0.3 is 85.2 Å². The number of nitrogens with zero attached hydrogens (tertiary/aromatic N) is 1. The van der Waals surface area contributed by atoms with Crippen LogP contribution in [0.25, 0.3) is 0 Å². The average molecular weight is 271 g/mol. The van der Waals surface area contributed by atoms with E-state index in [1.807, 2.05) is 0 Å². The maximum atomic E-state index is 2.33. The molecule has 0 atom stereocenters. The molecule has 2 heteroatoms. The van der Waals surface area contributed by atoms with Crippen LogP contribution in [0.3, 0.4) is 0 Å². The third-order valence-corrected chi connectivity index (χ3v) is 13.4. The van der Waals surface area contributed by atoms with Crippen molar-refractivity contribution in [3.63, 3.8) is 0 Å². The van der Waals surface area contributed by atoms with E-state index >= 15 is 0 Å². The fourth-order valence-electron chi connectivity index (χ4n) is 2.17. The summed E-state index contributed by atoms with van der Waals surface area (Å²) in [6.45, 7) is 1.33. The molecule has 0 bridgehead atoms. The van der Waals surface area contributed by atoms with Gasteiger partial charge in [-0.05, 0) is 0 Å². The standard InChI is InChI=1S/C5H12N.C5H10.In/c1-4-5-6(2)3;1-3-5-4-2;/h1,4-5H2,2-3H3;1-5H2;. The van der Waals surface area contributed by atoms with Crippen LogP contribution in [0.4, 0.5) is 0 Å². The van der Waals surface area contributed by atoms with Crippen LogP contribution in [-0.2, 0) is 0 Å². The Morgan fingerprint density at radius 1 is 1.08 bits per heavy atom. The molecule has 1 aliphatic rings. The van der Waals surface area contributed by atoms with E-state index in [0.29, 0.717) is 0 Å². The first-order valence-corrected chi connectivity index (χ1v) is 12.4. The Kier molecular flexibility index (Phi) is 5.74. The third-order valence-electron chi connectivity index (χ3n) is 2.94. The van der Waals surface area contributed by atoms with Gasteiger partial charge in [0.2, 0.25) is 0 Å². The predicted octanol–water partition coefficient (Wildman–Crippen LogP) is 2.62. The van der Waals surface area contributed by atoms with E-state index in [1.54, 1.807) is 31.8 Å². The van der Waals surface area contributed by atoms with Crippen LogP contribution in [0.5, 0.6) is 0 Å². The van der Waals surface area contributed by atoms with Gasteiger partial charge in [0.15, 0.2) is 0 Å². The Bertz CT molecular complexity index is 108. The predicted molar refractivity (Wildman–Crippen MR) is 57.2 cm³/mol. The van der Waals surface area contributed by atoms with Crippen molar-refractivity contribution < 1.29 is 0 Å². The van der Waals surface area contributed by atoms with Crippen molar-refractivity contribution >= 4 is 21.4 Å². The quantitative estimate of drug-likeness (QED) is 0.759. The van der Waals surface area contributed by atoms with E-state index in [-0.39, 0.29) is 0 Å². The van der Waals surface area contributed by atoms with E-state index < -0.39 is 21.4 Å². The molecule has 0 saturated carbocycles. The van der Waals surface area contributed by atoms with E-state index in [1.165, 1.54) is 13.0 Å². The van der Waals surface area contributed by atoms with E-state index in [0.717, 1.165) is 0 Å². The molecular weight excluding hydrogens is 249 g/mol. The van der Waals surface area contributed by atoms with Gasteiger partial charge in [-0.3, -0.25) is 0 Å². The van der Waals surface area contributed by atoms with Crippen molar-refractivity contribution in [3.8, 4) is 0 Å². The number of rotatable bonds is 4. The molecule has 12 heavy (non-hydrogen) atoms. The first kappa shape index (κ1) is 10.9.